The van der Waals surface area contributed by atoms with Gasteiger partial charge < -0.3 is 25.6 Å². The van der Waals surface area contributed by atoms with Crippen LogP contribution in [-0.4, -0.2) is 97.1 Å². The standard InChI is InChI=1S/C25H27ClF2N8O.2C2HF3O2/c1-12-17(26)8-16(14(3)36-25-21(13(2)34-36)23(29)32-11-33-25)22(37-10-19(27)28)20(12)15-6-7-18(31-9-15)24(30)35(4)5;2*3-2(4,5)1(6)7/h6-9,11,14,19,30H,10H2,1-5H3,(H2,29,32,33);2*(H,6,7). The summed E-state index contributed by atoms with van der Waals surface area (Å²) >= 11 is 6.67. The highest BCUT2D eigenvalue weighted by molar-refractivity contribution is 6.32. The van der Waals surface area contributed by atoms with Crippen molar-refractivity contribution >= 4 is 46.2 Å². The molecule has 0 amide bonds. The average Bonchev–Trinajstić information content (AvgIpc) is 3.37. The average molecular weight is 757 g/mol. The molecular formula is C29H29ClF8N8O5. The fourth-order valence-electron chi connectivity index (χ4n) is 4.19. The van der Waals surface area contributed by atoms with Gasteiger partial charge >= 0.3 is 24.3 Å². The summed E-state index contributed by atoms with van der Waals surface area (Å²) in [7, 11) is 3.50. The van der Waals surface area contributed by atoms with E-state index in [0.29, 0.717) is 55.5 Å². The number of hydrogen-bond acceptors (Lipinski definition) is 9. The zero-order valence-corrected chi connectivity index (χ0v) is 27.8. The Morgan fingerprint density at radius 2 is 1.59 bits per heavy atom. The van der Waals surface area contributed by atoms with Crippen LogP contribution in [0.25, 0.3) is 22.2 Å². The number of benzene rings is 1. The summed E-state index contributed by atoms with van der Waals surface area (Å²) in [5.74, 6) is -4.73. The van der Waals surface area contributed by atoms with Gasteiger partial charge in [0.05, 0.1) is 17.1 Å². The van der Waals surface area contributed by atoms with E-state index in [2.05, 4.69) is 20.1 Å². The predicted octanol–water partition coefficient (Wildman–Crippen LogP) is 6.15. The molecule has 0 saturated heterocycles. The fraction of sp³-hybridized carbons (Fsp3) is 0.345. The van der Waals surface area contributed by atoms with E-state index < -0.39 is 43.4 Å². The fourth-order valence-corrected chi connectivity index (χ4v) is 4.40. The number of nitrogens with zero attached hydrogens (tertiary/aromatic N) is 6. The Morgan fingerprint density at radius 3 is 2.04 bits per heavy atom. The zero-order valence-electron chi connectivity index (χ0n) is 27.0. The largest absolute Gasteiger partial charge is 0.490 e. The van der Waals surface area contributed by atoms with Crippen LogP contribution in [0, 0.1) is 19.3 Å². The molecule has 0 aliphatic carbocycles. The summed E-state index contributed by atoms with van der Waals surface area (Å²) in [6, 6.07) is 4.65. The van der Waals surface area contributed by atoms with Gasteiger partial charge in [-0.25, -0.2) is 33.0 Å². The zero-order chi connectivity index (χ0) is 39.2. The number of aliphatic carboxylic acids is 2. The second-order valence-electron chi connectivity index (χ2n) is 10.4. The molecule has 4 aromatic rings. The first-order valence-corrected chi connectivity index (χ1v) is 14.3. The number of carbonyl (C=O) groups is 2. The summed E-state index contributed by atoms with van der Waals surface area (Å²) in [5, 5.41) is 28.1. The number of amidine groups is 1. The van der Waals surface area contributed by atoms with Gasteiger partial charge in [0.1, 0.15) is 36.0 Å². The second kappa shape index (κ2) is 16.6. The Morgan fingerprint density at radius 1 is 1.04 bits per heavy atom. The molecule has 1 aromatic carbocycles. The Balaban J connectivity index is 0.000000543. The molecule has 13 nitrogen and oxygen atoms in total. The molecule has 1 atom stereocenters. The van der Waals surface area contributed by atoms with E-state index >= 15 is 0 Å². The number of halogens is 9. The first-order valence-electron chi connectivity index (χ1n) is 13.9. The van der Waals surface area contributed by atoms with Crippen molar-refractivity contribution in [3.05, 3.63) is 58.3 Å². The van der Waals surface area contributed by atoms with Gasteiger partial charge in [0.15, 0.2) is 5.65 Å². The van der Waals surface area contributed by atoms with Crippen LogP contribution < -0.4 is 10.5 Å². The first-order chi connectivity index (χ1) is 23.4. The maximum atomic E-state index is 13.3. The molecule has 1 unspecified atom stereocenters. The Bertz CT molecular complexity index is 1860. The van der Waals surface area contributed by atoms with Crippen molar-refractivity contribution in [3.8, 4) is 16.9 Å². The number of aromatic nitrogens is 5. The summed E-state index contributed by atoms with van der Waals surface area (Å²) in [6.45, 7) is 4.63. The lowest BCUT2D eigenvalue weighted by Gasteiger charge is -2.23. The summed E-state index contributed by atoms with van der Waals surface area (Å²) < 4.78 is 97.5. The van der Waals surface area contributed by atoms with Crippen LogP contribution in [0.3, 0.4) is 0 Å². The van der Waals surface area contributed by atoms with E-state index in [-0.39, 0.29) is 11.6 Å². The van der Waals surface area contributed by atoms with Gasteiger partial charge in [0, 0.05) is 42.0 Å². The van der Waals surface area contributed by atoms with Crippen molar-refractivity contribution in [3.63, 3.8) is 0 Å². The number of nitrogens with one attached hydrogen (secondary N) is 1. The monoisotopic (exact) mass is 756 g/mol. The van der Waals surface area contributed by atoms with Crippen molar-refractivity contribution < 1.29 is 59.7 Å². The molecule has 3 heterocycles. The Labute approximate surface area is 288 Å². The highest BCUT2D eigenvalue weighted by Gasteiger charge is 2.39. The van der Waals surface area contributed by atoms with Gasteiger partial charge in [-0.15, -0.1) is 0 Å². The van der Waals surface area contributed by atoms with Crippen LogP contribution in [0.5, 0.6) is 5.75 Å². The summed E-state index contributed by atoms with van der Waals surface area (Å²) in [6.07, 6.45) is -9.92. The van der Waals surface area contributed by atoms with E-state index in [1.165, 1.54) is 6.33 Å². The van der Waals surface area contributed by atoms with Gasteiger partial charge in [-0.1, -0.05) is 17.7 Å². The number of carboxylic acids is 2. The number of nitrogens with two attached hydrogens (primary N) is 1. The van der Waals surface area contributed by atoms with Crippen LogP contribution >= 0.6 is 11.6 Å². The molecule has 278 valence electrons. The number of hydrogen-bond donors (Lipinski definition) is 4. The number of pyridine rings is 1. The maximum absolute atomic E-state index is 13.3. The third-order valence-electron chi connectivity index (χ3n) is 6.60. The van der Waals surface area contributed by atoms with E-state index in [0.717, 1.165) is 0 Å². The molecule has 0 bridgehead atoms. The molecule has 4 rings (SSSR count). The molecular weight excluding hydrogens is 728 g/mol. The first kappa shape index (κ1) is 41.8. The van der Waals surface area contributed by atoms with Crippen LogP contribution in [0.2, 0.25) is 5.02 Å². The van der Waals surface area contributed by atoms with Gasteiger partial charge in [-0.05, 0) is 38.5 Å². The van der Waals surface area contributed by atoms with Crippen LogP contribution in [0.4, 0.5) is 40.9 Å². The molecule has 3 aromatic heterocycles. The minimum absolute atomic E-state index is 0.236. The van der Waals surface area contributed by atoms with E-state index in [9.17, 15) is 35.1 Å². The lowest BCUT2D eigenvalue weighted by atomic mass is 9.94. The van der Waals surface area contributed by atoms with Gasteiger partial charge in [0.2, 0.25) is 0 Å². The summed E-state index contributed by atoms with van der Waals surface area (Å²) in [4.78, 5) is 32.2. The number of ether oxygens (including phenoxy) is 1. The van der Waals surface area contributed by atoms with Crippen LogP contribution in [0.1, 0.15) is 35.5 Å². The van der Waals surface area contributed by atoms with Crippen LogP contribution in [-0.2, 0) is 9.59 Å². The number of fused-ring (bicyclic) bond motifs is 1. The number of anilines is 1. The molecule has 0 saturated carbocycles. The molecule has 0 fully saturated rings. The van der Waals surface area contributed by atoms with Crippen molar-refractivity contribution in [2.75, 3.05) is 26.4 Å². The smallest absolute Gasteiger partial charge is 0.487 e. The SMILES string of the molecule is Cc1c(Cl)cc(C(C)n2nc(C)c3c(N)ncnc32)c(OCC(F)F)c1-c1ccc(C(=N)N(C)C)nc1.O=C(O)C(F)(F)F.O=C(O)C(F)(F)F. The van der Waals surface area contributed by atoms with E-state index in [1.807, 2.05) is 6.92 Å². The molecule has 5 N–H and O–H groups in total. The van der Waals surface area contributed by atoms with Crippen molar-refractivity contribution in [2.24, 2.45) is 0 Å². The number of alkyl halides is 8. The summed E-state index contributed by atoms with van der Waals surface area (Å²) in [5.41, 5.74) is 9.99. The highest BCUT2D eigenvalue weighted by atomic mass is 35.5. The Kier molecular flexibility index (Phi) is 13.6. The quantitative estimate of drug-likeness (QED) is 0.0961. The van der Waals surface area contributed by atoms with E-state index in [1.54, 1.807) is 61.9 Å². The number of aryl methyl sites for hydroxylation is 1. The third-order valence-corrected chi connectivity index (χ3v) is 6.99. The molecule has 51 heavy (non-hydrogen) atoms. The lowest BCUT2D eigenvalue weighted by molar-refractivity contribution is -0.193. The maximum Gasteiger partial charge on any atom is 0.490 e. The minimum Gasteiger partial charge on any atom is -0.487 e. The third kappa shape index (κ3) is 10.6. The van der Waals surface area contributed by atoms with Crippen molar-refractivity contribution in [1.29, 1.82) is 5.41 Å². The predicted molar refractivity (Wildman–Crippen MR) is 167 cm³/mol. The number of nitrogen functional groups attached to an aromatic ring is 1. The topological polar surface area (TPSA) is 193 Å². The van der Waals surface area contributed by atoms with Gasteiger partial charge in [-0.2, -0.15) is 31.4 Å². The van der Waals surface area contributed by atoms with E-state index in [4.69, 9.17) is 47.3 Å². The highest BCUT2D eigenvalue weighted by Crippen LogP contribution is 2.44. The molecule has 0 radical (unpaired) electrons. The lowest BCUT2D eigenvalue weighted by Crippen LogP contribution is -2.22. The number of carboxylic acid groups (broad SMARTS) is 2. The van der Waals surface area contributed by atoms with Gasteiger partial charge in [0.25, 0.3) is 6.43 Å². The molecule has 0 aliphatic heterocycles. The van der Waals surface area contributed by atoms with Crippen molar-refractivity contribution in [1.82, 2.24) is 29.6 Å². The Hall–Kier alpha value is -5.34. The molecule has 0 spiro atoms. The molecule has 0 aliphatic rings. The molecule has 22 heteroatoms. The van der Waals surface area contributed by atoms with Gasteiger partial charge in [-0.3, -0.25) is 10.4 Å². The van der Waals surface area contributed by atoms with Crippen LogP contribution in [0.15, 0.2) is 30.7 Å². The van der Waals surface area contributed by atoms with Crippen molar-refractivity contribution in [2.45, 2.75) is 45.6 Å². The normalized spacial score (nSPS) is 12.0. The second-order valence-corrected chi connectivity index (χ2v) is 10.8. The minimum atomic E-state index is -5.08. The number of rotatable bonds is 7.